The third-order valence-electron chi connectivity index (χ3n) is 4.10. The van der Waals surface area contributed by atoms with Gasteiger partial charge in [-0.2, -0.15) is 0 Å². The van der Waals surface area contributed by atoms with Gasteiger partial charge in [0.2, 0.25) is 0 Å². The van der Waals surface area contributed by atoms with E-state index in [0.29, 0.717) is 35.2 Å². The smallest absolute Gasteiger partial charge is 0.265 e. The van der Waals surface area contributed by atoms with Gasteiger partial charge < -0.3 is 10.0 Å². The highest BCUT2D eigenvalue weighted by Gasteiger charge is 2.24. The van der Waals surface area contributed by atoms with Crippen molar-refractivity contribution in [2.24, 2.45) is 0 Å². The lowest BCUT2D eigenvalue weighted by molar-refractivity contribution is 0.0527. The highest BCUT2D eigenvalue weighted by Crippen LogP contribution is 2.24. The number of amides is 1. The average molecular weight is 347 g/mol. The number of hydrogen-bond donors (Lipinski definition) is 1. The van der Waals surface area contributed by atoms with Crippen molar-refractivity contribution in [2.75, 3.05) is 32.7 Å². The Labute approximate surface area is 145 Å². The fourth-order valence-electron chi connectivity index (χ4n) is 2.62. The molecule has 1 saturated heterocycles. The van der Waals surface area contributed by atoms with E-state index in [2.05, 4.69) is 19.9 Å². The Bertz CT molecular complexity index is 670. The van der Waals surface area contributed by atoms with Gasteiger partial charge in [-0.1, -0.05) is 6.92 Å². The lowest BCUT2D eigenvalue weighted by atomic mass is 10.2. The van der Waals surface area contributed by atoms with Crippen LogP contribution in [0.2, 0.25) is 0 Å². The van der Waals surface area contributed by atoms with Crippen LogP contribution >= 0.6 is 11.3 Å². The molecule has 1 N–H and O–H groups in total. The van der Waals surface area contributed by atoms with E-state index in [1.807, 2.05) is 11.8 Å². The van der Waals surface area contributed by atoms with Crippen molar-refractivity contribution in [1.82, 2.24) is 24.8 Å². The van der Waals surface area contributed by atoms with Crippen LogP contribution in [0.5, 0.6) is 0 Å². The lowest BCUT2D eigenvalue weighted by Gasteiger charge is -2.35. The molecule has 1 aliphatic rings. The summed E-state index contributed by atoms with van der Waals surface area (Å²) in [7, 11) is 0. The van der Waals surface area contributed by atoms with Crippen LogP contribution in [0.25, 0.3) is 10.7 Å². The summed E-state index contributed by atoms with van der Waals surface area (Å²) in [5.74, 6) is 0.0123. The number of thiazole rings is 1. The van der Waals surface area contributed by atoms with E-state index in [4.69, 9.17) is 0 Å². The summed E-state index contributed by atoms with van der Waals surface area (Å²) in [5.41, 5.74) is 0.680. The van der Waals surface area contributed by atoms with Crippen LogP contribution in [-0.4, -0.2) is 74.6 Å². The van der Waals surface area contributed by atoms with E-state index in [1.54, 1.807) is 24.8 Å². The minimum absolute atomic E-state index is 0.0123. The predicted molar refractivity (Wildman–Crippen MR) is 91.8 cm³/mol. The zero-order chi connectivity index (χ0) is 16.9. The Morgan fingerprint density at radius 2 is 2.04 bits per heavy atom. The Kier molecular flexibility index (Phi) is 5.49. The van der Waals surface area contributed by atoms with E-state index in [0.717, 1.165) is 19.5 Å². The lowest BCUT2D eigenvalue weighted by Crippen LogP contribution is -2.50. The van der Waals surface area contributed by atoms with Gasteiger partial charge in [0.15, 0.2) is 0 Å². The van der Waals surface area contributed by atoms with Gasteiger partial charge in [-0.05, 0) is 6.42 Å². The first-order valence-electron chi connectivity index (χ1n) is 8.09. The molecule has 3 rings (SSSR count). The molecule has 0 spiro atoms. The normalized spacial score (nSPS) is 17.0. The van der Waals surface area contributed by atoms with Crippen LogP contribution in [-0.2, 0) is 0 Å². The van der Waals surface area contributed by atoms with Gasteiger partial charge in [0, 0.05) is 45.1 Å². The van der Waals surface area contributed by atoms with Gasteiger partial charge in [0.25, 0.3) is 5.91 Å². The van der Waals surface area contributed by atoms with Crippen molar-refractivity contribution in [3.8, 4) is 10.7 Å². The summed E-state index contributed by atoms with van der Waals surface area (Å²) in [6.45, 7) is 5.58. The quantitative estimate of drug-likeness (QED) is 0.873. The van der Waals surface area contributed by atoms with E-state index in [-0.39, 0.29) is 12.0 Å². The molecule has 1 atom stereocenters. The van der Waals surface area contributed by atoms with Crippen LogP contribution in [0.3, 0.4) is 0 Å². The summed E-state index contributed by atoms with van der Waals surface area (Å²) in [4.78, 5) is 29.8. The minimum atomic E-state index is -0.289. The molecule has 0 aliphatic carbocycles. The fraction of sp³-hybridized carbons (Fsp3) is 0.500. The molecule has 1 fully saturated rings. The number of carbonyl (C=O) groups is 1. The molecule has 0 radical (unpaired) electrons. The van der Waals surface area contributed by atoms with E-state index in [9.17, 15) is 9.90 Å². The van der Waals surface area contributed by atoms with Crippen molar-refractivity contribution < 1.29 is 9.90 Å². The van der Waals surface area contributed by atoms with E-state index >= 15 is 0 Å². The van der Waals surface area contributed by atoms with Crippen LogP contribution in [0.15, 0.2) is 24.8 Å². The van der Waals surface area contributed by atoms with Crippen molar-refractivity contribution in [2.45, 2.75) is 19.4 Å². The zero-order valence-corrected chi connectivity index (χ0v) is 14.4. The highest BCUT2D eigenvalue weighted by atomic mass is 32.1. The molecule has 0 unspecified atom stereocenters. The Hall–Kier alpha value is -1.90. The van der Waals surface area contributed by atoms with Crippen molar-refractivity contribution in [1.29, 1.82) is 0 Å². The van der Waals surface area contributed by atoms with E-state index < -0.39 is 0 Å². The summed E-state index contributed by atoms with van der Waals surface area (Å²) >= 11 is 1.34. The maximum absolute atomic E-state index is 12.6. The molecule has 2 aromatic heterocycles. The largest absolute Gasteiger partial charge is 0.392 e. The number of β-amino-alcohol motifs (C(OH)–C–C–N with tert-alkyl or cyclic N) is 1. The molecule has 1 aliphatic heterocycles. The van der Waals surface area contributed by atoms with Crippen LogP contribution in [0, 0.1) is 0 Å². The second-order valence-corrected chi connectivity index (χ2v) is 6.81. The van der Waals surface area contributed by atoms with Crippen molar-refractivity contribution in [3.05, 3.63) is 29.7 Å². The molecule has 0 bridgehead atoms. The van der Waals surface area contributed by atoms with Gasteiger partial charge in [0.05, 0.1) is 18.5 Å². The molecule has 3 heterocycles. The SMILES string of the molecule is CC[C@@H](O)CN1CCN(C(=O)c2cnc(-c3cnccn3)s2)CC1. The maximum Gasteiger partial charge on any atom is 0.265 e. The van der Waals surface area contributed by atoms with Gasteiger partial charge in [-0.15, -0.1) is 11.3 Å². The van der Waals surface area contributed by atoms with Crippen molar-refractivity contribution in [3.63, 3.8) is 0 Å². The average Bonchev–Trinajstić information content (AvgIpc) is 3.12. The van der Waals surface area contributed by atoms with Crippen LogP contribution in [0.4, 0.5) is 0 Å². The number of carbonyl (C=O) groups excluding carboxylic acids is 1. The number of aliphatic hydroxyl groups is 1. The number of nitrogens with zero attached hydrogens (tertiary/aromatic N) is 5. The number of aliphatic hydroxyl groups excluding tert-OH is 1. The topological polar surface area (TPSA) is 82.5 Å². The third kappa shape index (κ3) is 3.95. The second-order valence-electron chi connectivity index (χ2n) is 5.78. The van der Waals surface area contributed by atoms with Crippen LogP contribution < -0.4 is 0 Å². The third-order valence-corrected chi connectivity index (χ3v) is 5.11. The fourth-order valence-corrected chi connectivity index (χ4v) is 3.46. The monoisotopic (exact) mass is 347 g/mol. The standard InChI is InChI=1S/C16H21N5O2S/c1-2-12(22)11-20-5-7-21(8-6-20)16(23)14-10-19-15(24-14)13-9-17-3-4-18-13/h3-4,9-10,12,22H,2,5-8,11H2,1H3/t12-/m1/s1. The number of aromatic nitrogens is 3. The summed E-state index contributed by atoms with van der Waals surface area (Å²) < 4.78 is 0. The number of piperazine rings is 1. The predicted octanol–water partition coefficient (Wildman–Crippen LogP) is 1.13. The first-order chi connectivity index (χ1) is 11.7. The highest BCUT2D eigenvalue weighted by molar-refractivity contribution is 7.16. The molecular weight excluding hydrogens is 326 g/mol. The molecule has 128 valence electrons. The Morgan fingerprint density at radius 3 is 2.71 bits per heavy atom. The Balaban J connectivity index is 1.59. The van der Waals surface area contributed by atoms with E-state index in [1.165, 1.54) is 11.3 Å². The van der Waals surface area contributed by atoms with Crippen molar-refractivity contribution >= 4 is 17.2 Å². The Morgan fingerprint density at radius 1 is 1.25 bits per heavy atom. The summed E-state index contributed by atoms with van der Waals surface area (Å²) in [6, 6.07) is 0. The molecular formula is C16H21N5O2S. The van der Waals surface area contributed by atoms with Gasteiger partial charge in [-0.25, -0.2) is 4.98 Å². The minimum Gasteiger partial charge on any atom is -0.392 e. The first kappa shape index (κ1) is 16.9. The molecule has 8 heteroatoms. The first-order valence-corrected chi connectivity index (χ1v) is 8.91. The van der Waals surface area contributed by atoms with Crippen LogP contribution in [0.1, 0.15) is 23.0 Å². The molecule has 1 amide bonds. The number of hydrogen-bond acceptors (Lipinski definition) is 7. The van der Waals surface area contributed by atoms with Gasteiger partial charge >= 0.3 is 0 Å². The summed E-state index contributed by atoms with van der Waals surface area (Å²) in [6.07, 6.45) is 6.95. The summed E-state index contributed by atoms with van der Waals surface area (Å²) in [5, 5.41) is 10.4. The maximum atomic E-state index is 12.6. The molecule has 0 aromatic carbocycles. The van der Waals surface area contributed by atoms with Gasteiger partial charge in [-0.3, -0.25) is 19.7 Å². The molecule has 0 saturated carbocycles. The second kappa shape index (κ2) is 7.78. The van der Waals surface area contributed by atoms with Gasteiger partial charge in [0.1, 0.15) is 15.6 Å². The zero-order valence-electron chi connectivity index (χ0n) is 13.6. The molecule has 24 heavy (non-hydrogen) atoms. The molecule has 2 aromatic rings. The number of rotatable bonds is 5. The molecule has 7 nitrogen and oxygen atoms in total.